The first-order valence-electron chi connectivity index (χ1n) is 5.63. The number of benzene rings is 1. The molecule has 6 heteroatoms. The lowest BCUT2D eigenvalue weighted by Crippen LogP contribution is -2.46. The van der Waals surface area contributed by atoms with Crippen LogP contribution in [0.1, 0.15) is 18.9 Å². The van der Waals surface area contributed by atoms with Crippen molar-refractivity contribution in [3.63, 3.8) is 0 Å². The highest BCUT2D eigenvalue weighted by molar-refractivity contribution is 6.01. The summed E-state index contributed by atoms with van der Waals surface area (Å²) in [4.78, 5) is 22.7. The Kier molecular flexibility index (Phi) is 4.24. The van der Waals surface area contributed by atoms with Gasteiger partial charge in [0.1, 0.15) is 5.41 Å². The van der Waals surface area contributed by atoms with Gasteiger partial charge in [-0.05, 0) is 6.92 Å². The van der Waals surface area contributed by atoms with Crippen molar-refractivity contribution in [2.45, 2.75) is 19.3 Å². The molecule has 4 nitrogen and oxygen atoms in total. The summed E-state index contributed by atoms with van der Waals surface area (Å²) in [6.07, 6.45) is -1.10. The van der Waals surface area contributed by atoms with Crippen LogP contribution in [0.5, 0.6) is 0 Å². The monoisotopic (exact) mass is 271 g/mol. The van der Waals surface area contributed by atoms with Gasteiger partial charge in [-0.1, -0.05) is 30.3 Å². The molecule has 1 aromatic rings. The van der Waals surface area contributed by atoms with Crippen LogP contribution in [0.15, 0.2) is 30.3 Å². The minimum absolute atomic E-state index is 0.314. The molecule has 0 saturated heterocycles. The quantitative estimate of drug-likeness (QED) is 0.805. The third-order valence-electron chi connectivity index (χ3n) is 2.97. The molecule has 19 heavy (non-hydrogen) atoms. The summed E-state index contributed by atoms with van der Waals surface area (Å²) in [5.74, 6) is -5.93. The van der Waals surface area contributed by atoms with Crippen molar-refractivity contribution in [2.75, 3.05) is 7.05 Å². The highest BCUT2D eigenvalue weighted by Gasteiger charge is 2.49. The van der Waals surface area contributed by atoms with Crippen molar-refractivity contribution in [2.24, 2.45) is 5.41 Å². The normalized spacial score (nSPS) is 14.5. The molecule has 1 amide bonds. The topological polar surface area (TPSA) is 66.4 Å². The average Bonchev–Trinajstić information content (AvgIpc) is 2.38. The Balaban J connectivity index is 3.10. The van der Waals surface area contributed by atoms with E-state index in [9.17, 15) is 18.4 Å². The van der Waals surface area contributed by atoms with Crippen LogP contribution in [0.25, 0.3) is 0 Å². The van der Waals surface area contributed by atoms with Crippen LogP contribution in [-0.2, 0) is 15.5 Å². The van der Waals surface area contributed by atoms with Gasteiger partial charge in [0.15, 0.2) is 0 Å². The van der Waals surface area contributed by atoms with Crippen molar-refractivity contribution < 1.29 is 23.5 Å². The second-order valence-electron chi connectivity index (χ2n) is 4.46. The van der Waals surface area contributed by atoms with E-state index in [4.69, 9.17) is 5.11 Å². The zero-order chi connectivity index (χ0) is 14.7. The molecule has 104 valence electrons. The number of carboxylic acids is 1. The number of halogens is 2. The molecule has 0 saturated carbocycles. The van der Waals surface area contributed by atoms with Crippen LogP contribution in [-0.4, -0.2) is 24.0 Å². The van der Waals surface area contributed by atoms with E-state index in [1.165, 1.54) is 31.3 Å². The fraction of sp³-hybridized carbons (Fsp3) is 0.385. The first kappa shape index (κ1) is 15.1. The molecule has 1 atom stereocenters. The maximum Gasteiger partial charge on any atom is 0.319 e. The van der Waals surface area contributed by atoms with Crippen molar-refractivity contribution in [1.82, 2.24) is 5.32 Å². The van der Waals surface area contributed by atoms with Gasteiger partial charge in [-0.2, -0.15) is 0 Å². The zero-order valence-electron chi connectivity index (χ0n) is 10.6. The second kappa shape index (κ2) is 5.34. The third kappa shape index (κ3) is 3.07. The molecular formula is C13H15F2NO3. The summed E-state index contributed by atoms with van der Waals surface area (Å²) in [7, 11) is 1.21. The number of amides is 1. The van der Waals surface area contributed by atoms with Crippen LogP contribution >= 0.6 is 0 Å². The van der Waals surface area contributed by atoms with Gasteiger partial charge in [0.2, 0.25) is 5.91 Å². The van der Waals surface area contributed by atoms with Gasteiger partial charge in [0.25, 0.3) is 5.92 Å². The van der Waals surface area contributed by atoms with Crippen molar-refractivity contribution in [3.05, 3.63) is 35.9 Å². The molecule has 0 aromatic heterocycles. The Morgan fingerprint density at radius 1 is 1.26 bits per heavy atom. The maximum atomic E-state index is 14.1. The molecule has 2 N–H and O–H groups in total. The zero-order valence-corrected chi connectivity index (χ0v) is 10.6. The third-order valence-corrected chi connectivity index (χ3v) is 2.97. The number of hydrogen-bond donors (Lipinski definition) is 2. The molecule has 0 heterocycles. The molecule has 0 radical (unpaired) electrons. The average molecular weight is 271 g/mol. The fourth-order valence-electron chi connectivity index (χ4n) is 1.76. The number of nitrogens with one attached hydrogen (secondary N) is 1. The Morgan fingerprint density at radius 3 is 2.21 bits per heavy atom. The molecule has 0 aliphatic carbocycles. The van der Waals surface area contributed by atoms with Crippen LogP contribution in [0.4, 0.5) is 8.78 Å². The van der Waals surface area contributed by atoms with Crippen LogP contribution < -0.4 is 5.32 Å². The number of alkyl halides is 2. The number of carboxylic acid groups (broad SMARTS) is 1. The lowest BCUT2D eigenvalue weighted by atomic mass is 9.81. The molecule has 0 bridgehead atoms. The number of carbonyl (C=O) groups is 2. The summed E-state index contributed by atoms with van der Waals surface area (Å²) < 4.78 is 28.1. The number of carbonyl (C=O) groups excluding carboxylic acids is 1. The summed E-state index contributed by atoms with van der Waals surface area (Å²) in [6, 6.07) is 6.84. The highest BCUT2D eigenvalue weighted by atomic mass is 19.3. The Hall–Kier alpha value is -1.98. The minimum Gasteiger partial charge on any atom is -0.480 e. The Morgan fingerprint density at radius 2 is 1.79 bits per heavy atom. The van der Waals surface area contributed by atoms with E-state index >= 15 is 0 Å². The van der Waals surface area contributed by atoms with E-state index in [0.29, 0.717) is 0 Å². The standard InChI is InChI=1S/C13H15F2NO3/c1-12(11(18)19,10(17)16-2)8-13(14,15)9-6-4-3-5-7-9/h3-7H,8H2,1-2H3,(H,16,17)(H,18,19). The summed E-state index contributed by atoms with van der Waals surface area (Å²) in [5.41, 5.74) is -2.50. The van der Waals surface area contributed by atoms with Gasteiger partial charge in [-0.25, -0.2) is 8.78 Å². The van der Waals surface area contributed by atoms with E-state index in [1.54, 1.807) is 6.07 Å². The van der Waals surface area contributed by atoms with Gasteiger partial charge in [0.05, 0.1) is 0 Å². The molecule has 1 rings (SSSR count). The lowest BCUT2D eigenvalue weighted by molar-refractivity contribution is -0.162. The van der Waals surface area contributed by atoms with Gasteiger partial charge in [0, 0.05) is 19.0 Å². The SMILES string of the molecule is CNC(=O)C(C)(CC(F)(F)c1ccccc1)C(=O)O. The number of hydrogen-bond acceptors (Lipinski definition) is 2. The van der Waals surface area contributed by atoms with Gasteiger partial charge >= 0.3 is 5.97 Å². The molecule has 0 aliphatic heterocycles. The van der Waals surface area contributed by atoms with Crippen molar-refractivity contribution in [3.8, 4) is 0 Å². The molecule has 0 spiro atoms. The molecule has 1 unspecified atom stereocenters. The Bertz CT molecular complexity index is 476. The van der Waals surface area contributed by atoms with E-state index < -0.39 is 29.6 Å². The van der Waals surface area contributed by atoms with Gasteiger partial charge in [-0.15, -0.1) is 0 Å². The Labute approximate surface area is 109 Å². The maximum absolute atomic E-state index is 14.1. The predicted molar refractivity (Wildman–Crippen MR) is 64.8 cm³/mol. The molecular weight excluding hydrogens is 256 g/mol. The minimum atomic E-state index is -3.40. The number of aliphatic carboxylic acids is 1. The van der Waals surface area contributed by atoms with Crippen LogP contribution in [0.3, 0.4) is 0 Å². The lowest BCUT2D eigenvalue weighted by Gasteiger charge is -2.28. The van der Waals surface area contributed by atoms with E-state index in [-0.39, 0.29) is 5.56 Å². The predicted octanol–water partition coefficient (Wildman–Crippen LogP) is 2.01. The van der Waals surface area contributed by atoms with Crippen LogP contribution in [0.2, 0.25) is 0 Å². The first-order valence-corrected chi connectivity index (χ1v) is 5.63. The molecule has 1 aromatic carbocycles. The van der Waals surface area contributed by atoms with Gasteiger partial charge in [-0.3, -0.25) is 9.59 Å². The van der Waals surface area contributed by atoms with E-state index in [1.807, 2.05) is 0 Å². The largest absolute Gasteiger partial charge is 0.480 e. The van der Waals surface area contributed by atoms with E-state index in [2.05, 4.69) is 5.32 Å². The fourth-order valence-corrected chi connectivity index (χ4v) is 1.76. The highest BCUT2D eigenvalue weighted by Crippen LogP contribution is 2.40. The number of rotatable bonds is 5. The van der Waals surface area contributed by atoms with E-state index in [0.717, 1.165) is 6.92 Å². The van der Waals surface area contributed by atoms with Crippen LogP contribution in [0, 0.1) is 5.41 Å². The second-order valence-corrected chi connectivity index (χ2v) is 4.46. The summed E-state index contributed by atoms with van der Waals surface area (Å²) in [6.45, 7) is 0.991. The van der Waals surface area contributed by atoms with Gasteiger partial charge < -0.3 is 10.4 Å². The summed E-state index contributed by atoms with van der Waals surface area (Å²) in [5, 5.41) is 11.2. The van der Waals surface area contributed by atoms with Crippen molar-refractivity contribution in [1.29, 1.82) is 0 Å². The molecule has 0 aliphatic rings. The smallest absolute Gasteiger partial charge is 0.319 e. The molecule has 0 fully saturated rings. The summed E-state index contributed by atoms with van der Waals surface area (Å²) >= 11 is 0. The van der Waals surface area contributed by atoms with Crippen molar-refractivity contribution >= 4 is 11.9 Å². The first-order chi connectivity index (χ1) is 8.74.